The van der Waals surface area contributed by atoms with E-state index in [0.29, 0.717) is 12.2 Å². The summed E-state index contributed by atoms with van der Waals surface area (Å²) in [6.45, 7) is 7.27. The van der Waals surface area contributed by atoms with Gasteiger partial charge in [-0.2, -0.15) is 0 Å². The lowest BCUT2D eigenvalue weighted by Crippen LogP contribution is -2.49. The first kappa shape index (κ1) is 17.0. The fourth-order valence-electron chi connectivity index (χ4n) is 1.93. The van der Waals surface area contributed by atoms with Gasteiger partial charge < -0.3 is 15.2 Å². The van der Waals surface area contributed by atoms with Gasteiger partial charge in [0.2, 0.25) is 0 Å². The largest absolute Gasteiger partial charge is 0.481 e. The van der Waals surface area contributed by atoms with Crippen molar-refractivity contribution in [3.8, 4) is 5.75 Å². The van der Waals surface area contributed by atoms with E-state index < -0.39 is 24.0 Å². The first-order valence-corrected chi connectivity index (χ1v) is 7.11. The maximum absolute atomic E-state index is 12.2. The summed E-state index contributed by atoms with van der Waals surface area (Å²) in [6, 6.07) is 6.50. The van der Waals surface area contributed by atoms with Crippen LogP contribution in [0.15, 0.2) is 24.3 Å². The average molecular weight is 293 g/mol. The molecular formula is C16H23NO4. The van der Waals surface area contributed by atoms with Gasteiger partial charge in [0.05, 0.1) is 0 Å². The summed E-state index contributed by atoms with van der Waals surface area (Å²) in [5.74, 6) is -1.03. The van der Waals surface area contributed by atoms with Crippen LogP contribution in [0.3, 0.4) is 0 Å². The molecule has 116 valence electrons. The number of benzene rings is 1. The predicted molar refractivity (Wildman–Crippen MR) is 80.3 cm³/mol. The van der Waals surface area contributed by atoms with Crippen LogP contribution in [0.2, 0.25) is 0 Å². The molecule has 0 saturated carbocycles. The van der Waals surface area contributed by atoms with E-state index >= 15 is 0 Å². The van der Waals surface area contributed by atoms with Crippen LogP contribution in [0.25, 0.3) is 0 Å². The van der Waals surface area contributed by atoms with Gasteiger partial charge in [-0.25, -0.2) is 4.79 Å². The summed E-state index contributed by atoms with van der Waals surface area (Å²) in [4.78, 5) is 23.3. The van der Waals surface area contributed by atoms with Crippen LogP contribution in [-0.4, -0.2) is 29.1 Å². The van der Waals surface area contributed by atoms with Gasteiger partial charge in [0.25, 0.3) is 5.91 Å². The minimum Gasteiger partial charge on any atom is -0.481 e. The summed E-state index contributed by atoms with van der Waals surface area (Å²) in [5.41, 5.74) is 1.04. The maximum atomic E-state index is 12.2. The van der Waals surface area contributed by atoms with Crippen LogP contribution >= 0.6 is 0 Å². The van der Waals surface area contributed by atoms with Crippen molar-refractivity contribution in [3.63, 3.8) is 0 Å². The van der Waals surface area contributed by atoms with Crippen LogP contribution in [-0.2, 0) is 9.59 Å². The molecule has 1 amide bonds. The van der Waals surface area contributed by atoms with E-state index in [1.165, 1.54) is 0 Å². The van der Waals surface area contributed by atoms with E-state index in [4.69, 9.17) is 9.84 Å². The Labute approximate surface area is 125 Å². The third-order valence-corrected chi connectivity index (χ3v) is 3.16. The number of rotatable bonds is 7. The summed E-state index contributed by atoms with van der Waals surface area (Å²) in [5, 5.41) is 11.7. The van der Waals surface area contributed by atoms with Gasteiger partial charge in [0, 0.05) is 0 Å². The minimum atomic E-state index is -1.04. The third kappa shape index (κ3) is 5.10. The third-order valence-electron chi connectivity index (χ3n) is 3.16. The van der Waals surface area contributed by atoms with Crippen molar-refractivity contribution >= 4 is 11.9 Å². The second-order valence-electron chi connectivity index (χ2n) is 5.40. The Bertz CT molecular complexity index is 499. The number of hydrogen-bond donors (Lipinski definition) is 2. The first-order valence-electron chi connectivity index (χ1n) is 7.11. The van der Waals surface area contributed by atoms with Gasteiger partial charge in [-0.05, 0) is 37.0 Å². The molecule has 0 fully saturated rings. The maximum Gasteiger partial charge on any atom is 0.326 e. The number of carboxylic acid groups (broad SMARTS) is 1. The highest BCUT2D eigenvalue weighted by Crippen LogP contribution is 2.16. The van der Waals surface area contributed by atoms with E-state index in [2.05, 4.69) is 5.32 Å². The van der Waals surface area contributed by atoms with Crippen molar-refractivity contribution in [1.82, 2.24) is 5.32 Å². The van der Waals surface area contributed by atoms with E-state index in [9.17, 15) is 9.59 Å². The second kappa shape index (κ2) is 7.67. The summed E-state index contributed by atoms with van der Waals surface area (Å²) in [6.07, 6.45) is -0.239. The van der Waals surface area contributed by atoms with Crippen molar-refractivity contribution in [2.75, 3.05) is 0 Å². The molecule has 0 radical (unpaired) electrons. The van der Waals surface area contributed by atoms with Crippen molar-refractivity contribution in [2.45, 2.75) is 46.3 Å². The lowest BCUT2D eigenvalue weighted by molar-refractivity contribution is -0.144. The van der Waals surface area contributed by atoms with Gasteiger partial charge >= 0.3 is 5.97 Å². The lowest BCUT2D eigenvalue weighted by atomic mass is 10.0. The molecule has 2 atom stereocenters. The Kier molecular flexibility index (Phi) is 6.21. The zero-order valence-corrected chi connectivity index (χ0v) is 12.9. The fourth-order valence-corrected chi connectivity index (χ4v) is 1.93. The number of carbonyl (C=O) groups excluding carboxylic acids is 1. The number of carbonyl (C=O) groups is 2. The highest BCUT2D eigenvalue weighted by atomic mass is 16.5. The molecule has 21 heavy (non-hydrogen) atoms. The van der Waals surface area contributed by atoms with Crippen LogP contribution in [0.1, 0.15) is 32.8 Å². The van der Waals surface area contributed by atoms with Crippen molar-refractivity contribution in [1.29, 1.82) is 0 Å². The number of nitrogens with one attached hydrogen (secondary N) is 1. The number of aliphatic carboxylic acids is 1. The van der Waals surface area contributed by atoms with Crippen molar-refractivity contribution in [3.05, 3.63) is 29.8 Å². The molecule has 0 heterocycles. The van der Waals surface area contributed by atoms with Gasteiger partial charge in [-0.1, -0.05) is 32.9 Å². The topological polar surface area (TPSA) is 75.6 Å². The summed E-state index contributed by atoms with van der Waals surface area (Å²) in [7, 11) is 0. The van der Waals surface area contributed by atoms with Crippen molar-refractivity contribution < 1.29 is 19.4 Å². The van der Waals surface area contributed by atoms with Gasteiger partial charge in [0.15, 0.2) is 6.10 Å². The molecule has 0 spiro atoms. The van der Waals surface area contributed by atoms with E-state index in [1.807, 2.05) is 32.0 Å². The quantitative estimate of drug-likeness (QED) is 0.809. The Morgan fingerprint density at radius 2 is 2.00 bits per heavy atom. The highest BCUT2D eigenvalue weighted by molar-refractivity contribution is 5.86. The predicted octanol–water partition coefficient (Wildman–Crippen LogP) is 2.38. The van der Waals surface area contributed by atoms with Crippen LogP contribution in [0.4, 0.5) is 0 Å². The number of carboxylic acids is 1. The molecule has 0 aliphatic heterocycles. The molecule has 5 heteroatoms. The van der Waals surface area contributed by atoms with E-state index in [0.717, 1.165) is 5.56 Å². The molecule has 1 aromatic rings. The summed E-state index contributed by atoms with van der Waals surface area (Å²) < 4.78 is 5.66. The molecular weight excluding hydrogens is 270 g/mol. The zero-order valence-electron chi connectivity index (χ0n) is 12.9. The molecule has 1 rings (SSSR count). The molecule has 0 aliphatic carbocycles. The van der Waals surface area contributed by atoms with Gasteiger partial charge in [0.1, 0.15) is 11.8 Å². The number of ether oxygens (including phenoxy) is 1. The Morgan fingerprint density at radius 3 is 2.48 bits per heavy atom. The average Bonchev–Trinajstić information content (AvgIpc) is 2.41. The van der Waals surface area contributed by atoms with Crippen LogP contribution in [0, 0.1) is 12.8 Å². The Morgan fingerprint density at radius 1 is 1.33 bits per heavy atom. The molecule has 0 saturated heterocycles. The van der Waals surface area contributed by atoms with E-state index in [-0.39, 0.29) is 5.92 Å². The minimum absolute atomic E-state index is 0.192. The number of aryl methyl sites for hydroxylation is 1. The number of amides is 1. The standard InChI is InChI=1S/C16H23NO4/c1-5-13(21-12-8-6-7-11(4)9-12)15(18)17-14(10(2)3)16(19)20/h6-10,13-14H,5H2,1-4H3,(H,17,18)(H,19,20)/t13?,14-/m1/s1. The van der Waals surface area contributed by atoms with Crippen LogP contribution < -0.4 is 10.1 Å². The van der Waals surface area contributed by atoms with Crippen molar-refractivity contribution in [2.24, 2.45) is 5.92 Å². The first-order chi connectivity index (χ1) is 9.85. The van der Waals surface area contributed by atoms with Gasteiger partial charge in [-0.15, -0.1) is 0 Å². The molecule has 1 aromatic carbocycles. The fraction of sp³-hybridized carbons (Fsp3) is 0.500. The highest BCUT2D eigenvalue weighted by Gasteiger charge is 2.27. The van der Waals surface area contributed by atoms with E-state index in [1.54, 1.807) is 19.9 Å². The molecule has 5 nitrogen and oxygen atoms in total. The zero-order chi connectivity index (χ0) is 16.0. The normalized spacial score (nSPS) is 13.6. The molecule has 2 N–H and O–H groups in total. The monoisotopic (exact) mass is 293 g/mol. The summed E-state index contributed by atoms with van der Waals surface area (Å²) >= 11 is 0. The molecule has 1 unspecified atom stereocenters. The van der Waals surface area contributed by atoms with Crippen LogP contribution in [0.5, 0.6) is 5.75 Å². The van der Waals surface area contributed by atoms with Gasteiger partial charge in [-0.3, -0.25) is 4.79 Å². The lowest BCUT2D eigenvalue weighted by Gasteiger charge is -2.22. The molecule has 0 aromatic heterocycles. The Balaban J connectivity index is 2.75. The molecule has 0 aliphatic rings. The Hall–Kier alpha value is -2.04. The SMILES string of the molecule is CCC(Oc1cccc(C)c1)C(=O)N[C@@H](C(=O)O)C(C)C. The molecule has 0 bridgehead atoms. The second-order valence-corrected chi connectivity index (χ2v) is 5.40. The number of hydrogen-bond acceptors (Lipinski definition) is 3. The smallest absolute Gasteiger partial charge is 0.326 e.